The first-order valence-electron chi connectivity index (χ1n) is 6.72. The Hall–Kier alpha value is -1.02. The molecule has 0 heterocycles. The Labute approximate surface area is 105 Å². The van der Waals surface area contributed by atoms with E-state index in [0.29, 0.717) is 6.04 Å². The summed E-state index contributed by atoms with van der Waals surface area (Å²) in [6.45, 7) is 5.41. The molecule has 1 saturated carbocycles. The lowest BCUT2D eigenvalue weighted by Crippen LogP contribution is -2.29. The van der Waals surface area contributed by atoms with Crippen molar-refractivity contribution in [3.8, 4) is 0 Å². The number of rotatable bonds is 3. The fourth-order valence-electron chi connectivity index (χ4n) is 2.51. The summed E-state index contributed by atoms with van der Waals surface area (Å²) in [6, 6.07) is 7.06. The standard InChI is InChI=1S/C15H24N2/c1-11-3-8-15(9-12(11)2)17-10-13-4-6-14(16)7-5-13/h3,8-9,13-14,17H,4-7,10,16H2,1-2H3/t13-,14-. The molecule has 0 atom stereocenters. The molecule has 1 fully saturated rings. The first-order chi connectivity index (χ1) is 8.15. The number of benzene rings is 1. The van der Waals surface area contributed by atoms with Crippen LogP contribution in [0.2, 0.25) is 0 Å². The summed E-state index contributed by atoms with van der Waals surface area (Å²) in [5.41, 5.74) is 9.90. The van der Waals surface area contributed by atoms with Gasteiger partial charge in [-0.3, -0.25) is 0 Å². The minimum absolute atomic E-state index is 0.452. The second-order valence-electron chi connectivity index (χ2n) is 5.46. The van der Waals surface area contributed by atoms with Gasteiger partial charge < -0.3 is 11.1 Å². The number of anilines is 1. The molecule has 1 aliphatic carbocycles. The lowest BCUT2D eigenvalue weighted by Gasteiger charge is -2.26. The highest BCUT2D eigenvalue weighted by molar-refractivity contribution is 5.48. The van der Waals surface area contributed by atoms with Crippen molar-refractivity contribution in [2.45, 2.75) is 45.6 Å². The van der Waals surface area contributed by atoms with Crippen molar-refractivity contribution in [3.05, 3.63) is 29.3 Å². The van der Waals surface area contributed by atoms with Gasteiger partial charge in [0.2, 0.25) is 0 Å². The minimum atomic E-state index is 0.452. The maximum absolute atomic E-state index is 5.92. The van der Waals surface area contributed by atoms with Crippen LogP contribution in [0.4, 0.5) is 5.69 Å². The van der Waals surface area contributed by atoms with Crippen molar-refractivity contribution in [1.29, 1.82) is 0 Å². The summed E-state index contributed by atoms with van der Waals surface area (Å²) in [6.07, 6.45) is 4.94. The van der Waals surface area contributed by atoms with Gasteiger partial charge in [0.05, 0.1) is 0 Å². The molecule has 0 unspecified atom stereocenters. The molecule has 17 heavy (non-hydrogen) atoms. The predicted molar refractivity (Wildman–Crippen MR) is 74.3 cm³/mol. The molecule has 3 N–H and O–H groups in total. The third-order valence-electron chi connectivity index (χ3n) is 3.99. The Balaban J connectivity index is 1.83. The molecule has 94 valence electrons. The number of hydrogen-bond donors (Lipinski definition) is 2. The SMILES string of the molecule is Cc1ccc(NC[C@H]2CC[C@H](N)CC2)cc1C. The van der Waals surface area contributed by atoms with Gasteiger partial charge >= 0.3 is 0 Å². The second-order valence-corrected chi connectivity index (χ2v) is 5.46. The average molecular weight is 232 g/mol. The molecule has 0 radical (unpaired) electrons. The van der Waals surface area contributed by atoms with Gasteiger partial charge in [-0.25, -0.2) is 0 Å². The Morgan fingerprint density at radius 2 is 1.82 bits per heavy atom. The topological polar surface area (TPSA) is 38.0 Å². The fraction of sp³-hybridized carbons (Fsp3) is 0.600. The highest BCUT2D eigenvalue weighted by Gasteiger charge is 2.17. The predicted octanol–water partition coefficient (Wildman–Crippen LogP) is 3.23. The largest absolute Gasteiger partial charge is 0.385 e. The van der Waals surface area contributed by atoms with Crippen LogP contribution in [0.5, 0.6) is 0 Å². The lowest BCUT2D eigenvalue weighted by atomic mass is 9.86. The summed E-state index contributed by atoms with van der Waals surface area (Å²) in [4.78, 5) is 0. The molecule has 0 amide bonds. The van der Waals surface area contributed by atoms with E-state index in [-0.39, 0.29) is 0 Å². The van der Waals surface area contributed by atoms with Crippen LogP contribution in [0, 0.1) is 19.8 Å². The highest BCUT2D eigenvalue weighted by Crippen LogP contribution is 2.24. The quantitative estimate of drug-likeness (QED) is 0.839. The Kier molecular flexibility index (Phi) is 4.06. The zero-order valence-corrected chi connectivity index (χ0v) is 11.0. The maximum Gasteiger partial charge on any atom is 0.0343 e. The normalized spacial score (nSPS) is 24.6. The van der Waals surface area contributed by atoms with Crippen LogP contribution in [-0.4, -0.2) is 12.6 Å². The number of aryl methyl sites for hydroxylation is 2. The smallest absolute Gasteiger partial charge is 0.0343 e. The summed E-state index contributed by atoms with van der Waals surface area (Å²) in [7, 11) is 0. The van der Waals surface area contributed by atoms with Gasteiger partial charge in [-0.2, -0.15) is 0 Å². The average Bonchev–Trinajstić information content (AvgIpc) is 2.33. The van der Waals surface area contributed by atoms with Crippen LogP contribution in [-0.2, 0) is 0 Å². The Morgan fingerprint density at radius 3 is 2.47 bits per heavy atom. The van der Waals surface area contributed by atoms with E-state index in [1.807, 2.05) is 0 Å². The molecule has 1 aromatic carbocycles. The second kappa shape index (κ2) is 5.54. The van der Waals surface area contributed by atoms with E-state index in [4.69, 9.17) is 5.73 Å². The van der Waals surface area contributed by atoms with Crippen LogP contribution in [0.3, 0.4) is 0 Å². The van der Waals surface area contributed by atoms with Crippen LogP contribution < -0.4 is 11.1 Å². The van der Waals surface area contributed by atoms with E-state index < -0.39 is 0 Å². The van der Waals surface area contributed by atoms with E-state index in [0.717, 1.165) is 12.5 Å². The van der Waals surface area contributed by atoms with E-state index in [2.05, 4.69) is 37.4 Å². The van der Waals surface area contributed by atoms with Crippen molar-refractivity contribution in [2.75, 3.05) is 11.9 Å². The fourth-order valence-corrected chi connectivity index (χ4v) is 2.51. The molecule has 0 aromatic heterocycles. The number of hydrogen-bond acceptors (Lipinski definition) is 2. The zero-order chi connectivity index (χ0) is 12.3. The third-order valence-corrected chi connectivity index (χ3v) is 3.99. The first kappa shape index (κ1) is 12.4. The number of nitrogens with two attached hydrogens (primary N) is 1. The van der Waals surface area contributed by atoms with Gasteiger partial charge in [-0.05, 0) is 68.7 Å². The molecule has 1 aromatic rings. The molecule has 0 bridgehead atoms. The van der Waals surface area contributed by atoms with Gasteiger partial charge in [0.15, 0.2) is 0 Å². The lowest BCUT2D eigenvalue weighted by molar-refractivity contribution is 0.339. The van der Waals surface area contributed by atoms with Crippen LogP contribution >= 0.6 is 0 Å². The van der Waals surface area contributed by atoms with Crippen molar-refractivity contribution in [2.24, 2.45) is 11.7 Å². The summed E-state index contributed by atoms with van der Waals surface area (Å²) < 4.78 is 0. The molecule has 0 saturated heterocycles. The van der Waals surface area contributed by atoms with E-state index >= 15 is 0 Å². The van der Waals surface area contributed by atoms with E-state index in [1.54, 1.807) is 0 Å². The van der Waals surface area contributed by atoms with Crippen molar-refractivity contribution in [1.82, 2.24) is 0 Å². The van der Waals surface area contributed by atoms with Crippen LogP contribution in [0.15, 0.2) is 18.2 Å². The maximum atomic E-state index is 5.92. The van der Waals surface area contributed by atoms with Crippen LogP contribution in [0.1, 0.15) is 36.8 Å². The van der Waals surface area contributed by atoms with Crippen molar-refractivity contribution in [3.63, 3.8) is 0 Å². The van der Waals surface area contributed by atoms with Crippen molar-refractivity contribution >= 4 is 5.69 Å². The highest BCUT2D eigenvalue weighted by atomic mass is 14.9. The van der Waals surface area contributed by atoms with Gasteiger partial charge in [0.1, 0.15) is 0 Å². The summed E-state index contributed by atoms with van der Waals surface area (Å²) in [5, 5.41) is 3.56. The molecule has 2 heteroatoms. The van der Waals surface area contributed by atoms with Gasteiger partial charge in [0.25, 0.3) is 0 Å². The van der Waals surface area contributed by atoms with Crippen LogP contribution in [0.25, 0.3) is 0 Å². The van der Waals surface area contributed by atoms with E-state index in [9.17, 15) is 0 Å². The zero-order valence-electron chi connectivity index (χ0n) is 11.0. The molecule has 0 spiro atoms. The monoisotopic (exact) mass is 232 g/mol. The third kappa shape index (κ3) is 3.47. The molecular formula is C15H24N2. The minimum Gasteiger partial charge on any atom is -0.385 e. The van der Waals surface area contributed by atoms with Gasteiger partial charge in [0, 0.05) is 18.3 Å². The summed E-state index contributed by atoms with van der Waals surface area (Å²) >= 11 is 0. The molecule has 2 rings (SSSR count). The van der Waals surface area contributed by atoms with Gasteiger partial charge in [-0.1, -0.05) is 6.07 Å². The Bertz CT molecular complexity index is 365. The van der Waals surface area contributed by atoms with E-state index in [1.165, 1.54) is 42.5 Å². The molecule has 0 aliphatic heterocycles. The summed E-state index contributed by atoms with van der Waals surface area (Å²) in [5.74, 6) is 0.802. The molecule has 1 aliphatic rings. The van der Waals surface area contributed by atoms with Crippen molar-refractivity contribution < 1.29 is 0 Å². The number of nitrogens with one attached hydrogen (secondary N) is 1. The van der Waals surface area contributed by atoms with Gasteiger partial charge in [-0.15, -0.1) is 0 Å². The molecule has 2 nitrogen and oxygen atoms in total. The molecular weight excluding hydrogens is 208 g/mol. The Morgan fingerprint density at radius 1 is 1.12 bits per heavy atom. The first-order valence-corrected chi connectivity index (χ1v) is 6.72.